The number of pyridine rings is 1. The van der Waals surface area contributed by atoms with E-state index in [1.165, 1.54) is 6.92 Å². The van der Waals surface area contributed by atoms with Crippen molar-refractivity contribution in [2.24, 2.45) is 0 Å². The minimum Gasteiger partial charge on any atom is -0.343 e. The lowest BCUT2D eigenvalue weighted by atomic mass is 9.99. The van der Waals surface area contributed by atoms with Crippen LogP contribution >= 0.6 is 11.3 Å². The van der Waals surface area contributed by atoms with Gasteiger partial charge in [-0.1, -0.05) is 0 Å². The number of aryl methyl sites for hydroxylation is 1. The molecule has 1 unspecified atom stereocenters. The Morgan fingerprint density at radius 2 is 2.12 bits per heavy atom. The van der Waals surface area contributed by atoms with Crippen LogP contribution in [0.1, 0.15) is 24.0 Å². The van der Waals surface area contributed by atoms with E-state index in [-0.39, 0.29) is 18.4 Å². The molecular formula is C17H21N5O2S. The zero-order valence-electron chi connectivity index (χ0n) is 14.3. The number of carbonyl (C=O) groups excluding carboxylic acids is 2. The van der Waals surface area contributed by atoms with Gasteiger partial charge in [-0.15, -0.1) is 11.3 Å². The number of anilines is 1. The summed E-state index contributed by atoms with van der Waals surface area (Å²) in [4.78, 5) is 34.5. The minimum absolute atomic E-state index is 0.0832. The normalized spacial score (nSPS) is 20.4. The lowest BCUT2D eigenvalue weighted by Gasteiger charge is -2.28. The van der Waals surface area contributed by atoms with E-state index < -0.39 is 5.54 Å². The van der Waals surface area contributed by atoms with Crippen LogP contribution in [0.25, 0.3) is 0 Å². The van der Waals surface area contributed by atoms with Gasteiger partial charge >= 0.3 is 0 Å². The molecule has 3 heterocycles. The van der Waals surface area contributed by atoms with Gasteiger partial charge < -0.3 is 10.6 Å². The number of nitrogens with one attached hydrogen (secondary N) is 2. The number of aromatic nitrogens is 2. The molecule has 0 aliphatic carbocycles. The molecule has 0 saturated carbocycles. The number of carbonyl (C=O) groups is 2. The summed E-state index contributed by atoms with van der Waals surface area (Å²) in [7, 11) is 0. The molecule has 1 atom stereocenters. The van der Waals surface area contributed by atoms with Gasteiger partial charge in [0, 0.05) is 49.2 Å². The third-order valence-electron chi connectivity index (χ3n) is 4.12. The van der Waals surface area contributed by atoms with Gasteiger partial charge in [-0.25, -0.2) is 4.98 Å². The van der Waals surface area contributed by atoms with E-state index in [0.717, 1.165) is 29.4 Å². The van der Waals surface area contributed by atoms with Gasteiger partial charge in [-0.05, 0) is 25.5 Å². The zero-order chi connectivity index (χ0) is 17.9. The van der Waals surface area contributed by atoms with Crippen molar-refractivity contribution < 1.29 is 9.59 Å². The third-order valence-corrected chi connectivity index (χ3v) is 5.29. The van der Waals surface area contributed by atoms with E-state index in [1.54, 1.807) is 35.9 Å². The molecule has 2 aromatic rings. The van der Waals surface area contributed by atoms with Crippen LogP contribution in [-0.4, -0.2) is 46.3 Å². The first-order chi connectivity index (χ1) is 12.0. The molecule has 0 bridgehead atoms. The monoisotopic (exact) mass is 359 g/mol. The van der Waals surface area contributed by atoms with Crippen molar-refractivity contribution in [3.8, 4) is 0 Å². The lowest BCUT2D eigenvalue weighted by Crippen LogP contribution is -2.47. The summed E-state index contributed by atoms with van der Waals surface area (Å²) in [5.74, 6) is -0.170. The van der Waals surface area contributed by atoms with E-state index in [1.807, 2.05) is 17.2 Å². The Labute approximate surface area is 150 Å². The summed E-state index contributed by atoms with van der Waals surface area (Å²) in [5, 5.41) is 8.81. The Morgan fingerprint density at radius 1 is 1.36 bits per heavy atom. The van der Waals surface area contributed by atoms with Crippen LogP contribution in [-0.2, 0) is 15.1 Å². The zero-order valence-corrected chi connectivity index (χ0v) is 15.1. The number of hydrogen-bond donors (Lipinski definition) is 2. The fourth-order valence-corrected chi connectivity index (χ4v) is 4.08. The summed E-state index contributed by atoms with van der Waals surface area (Å²) < 4.78 is 0. The lowest BCUT2D eigenvalue weighted by molar-refractivity contribution is -0.120. The second-order valence-corrected chi connectivity index (χ2v) is 7.16. The molecule has 0 radical (unpaired) electrons. The van der Waals surface area contributed by atoms with Gasteiger partial charge in [0.25, 0.3) is 0 Å². The summed E-state index contributed by atoms with van der Waals surface area (Å²) >= 11 is 1.55. The van der Waals surface area contributed by atoms with Crippen LogP contribution in [0.2, 0.25) is 0 Å². The van der Waals surface area contributed by atoms with E-state index >= 15 is 0 Å². The fraction of sp³-hybridized carbons (Fsp3) is 0.412. The molecule has 1 aliphatic heterocycles. The molecule has 0 spiro atoms. The average Bonchev–Trinajstić information content (AvgIpc) is 3.15. The molecule has 3 rings (SSSR count). The number of hydrogen-bond acceptors (Lipinski definition) is 6. The van der Waals surface area contributed by atoms with Crippen LogP contribution in [0.3, 0.4) is 0 Å². The van der Waals surface area contributed by atoms with Gasteiger partial charge in [-0.3, -0.25) is 19.5 Å². The number of likely N-dealkylation sites (tertiary alicyclic amines) is 1. The molecule has 2 N–H and O–H groups in total. The quantitative estimate of drug-likeness (QED) is 0.845. The van der Waals surface area contributed by atoms with Crippen LogP contribution in [0.15, 0.2) is 29.9 Å². The first-order valence-corrected chi connectivity index (χ1v) is 8.98. The van der Waals surface area contributed by atoms with Crippen molar-refractivity contribution in [1.29, 1.82) is 0 Å². The van der Waals surface area contributed by atoms with Crippen molar-refractivity contribution in [3.05, 3.63) is 40.6 Å². The second-order valence-electron chi connectivity index (χ2n) is 6.30. The summed E-state index contributed by atoms with van der Waals surface area (Å²) in [6.45, 7) is 5.03. The van der Waals surface area contributed by atoms with E-state index in [0.29, 0.717) is 6.54 Å². The highest BCUT2D eigenvalue weighted by molar-refractivity contribution is 7.09. The van der Waals surface area contributed by atoms with Gasteiger partial charge in [0.2, 0.25) is 11.8 Å². The highest BCUT2D eigenvalue weighted by Crippen LogP contribution is 2.34. The molecular weight excluding hydrogens is 338 g/mol. The summed E-state index contributed by atoms with van der Waals surface area (Å²) in [5.41, 5.74) is 1.16. The molecule has 0 aromatic carbocycles. The van der Waals surface area contributed by atoms with Crippen molar-refractivity contribution in [2.45, 2.75) is 25.8 Å². The highest BCUT2D eigenvalue weighted by Gasteiger charge is 2.43. The molecule has 1 saturated heterocycles. The number of amides is 2. The van der Waals surface area contributed by atoms with Crippen molar-refractivity contribution in [1.82, 2.24) is 20.2 Å². The standard InChI is InChI=1S/C17H21N5O2S/c1-12-10-25-16(19-12)17(21-13(2)23)5-8-22(11-17)9-15(24)20-14-3-6-18-7-4-14/h3-4,6-7,10H,5,8-9,11H2,1-2H3,(H,21,23)(H,18,20,24). The Morgan fingerprint density at radius 3 is 2.76 bits per heavy atom. The smallest absolute Gasteiger partial charge is 0.238 e. The van der Waals surface area contributed by atoms with E-state index in [2.05, 4.69) is 20.6 Å². The first kappa shape index (κ1) is 17.5. The van der Waals surface area contributed by atoms with Crippen molar-refractivity contribution >= 4 is 28.8 Å². The molecule has 132 valence electrons. The van der Waals surface area contributed by atoms with E-state index in [9.17, 15) is 9.59 Å². The molecule has 1 fully saturated rings. The van der Waals surface area contributed by atoms with Gasteiger partial charge in [-0.2, -0.15) is 0 Å². The highest BCUT2D eigenvalue weighted by atomic mass is 32.1. The van der Waals surface area contributed by atoms with E-state index in [4.69, 9.17) is 0 Å². The van der Waals surface area contributed by atoms with Crippen LogP contribution in [0.5, 0.6) is 0 Å². The molecule has 1 aliphatic rings. The fourth-order valence-electron chi connectivity index (χ4n) is 3.10. The number of nitrogens with zero attached hydrogens (tertiary/aromatic N) is 3. The third kappa shape index (κ3) is 4.21. The maximum Gasteiger partial charge on any atom is 0.238 e. The second kappa shape index (κ2) is 7.28. The molecule has 25 heavy (non-hydrogen) atoms. The maximum absolute atomic E-state index is 12.3. The largest absolute Gasteiger partial charge is 0.343 e. The van der Waals surface area contributed by atoms with Crippen LogP contribution < -0.4 is 10.6 Å². The SMILES string of the molecule is CC(=O)NC1(c2nc(C)cs2)CCN(CC(=O)Nc2ccncc2)C1. The maximum atomic E-state index is 12.3. The number of thiazole rings is 1. The average molecular weight is 359 g/mol. The Bertz CT molecular complexity index is 763. The predicted octanol–water partition coefficient (Wildman–Crippen LogP) is 1.52. The minimum atomic E-state index is -0.512. The first-order valence-electron chi connectivity index (χ1n) is 8.10. The molecule has 2 amide bonds. The molecule has 7 nitrogen and oxygen atoms in total. The molecule has 8 heteroatoms. The molecule has 2 aromatic heterocycles. The Balaban J connectivity index is 1.67. The predicted molar refractivity (Wildman–Crippen MR) is 96.3 cm³/mol. The van der Waals surface area contributed by atoms with Gasteiger partial charge in [0.1, 0.15) is 10.5 Å². The van der Waals surface area contributed by atoms with Crippen LogP contribution in [0, 0.1) is 6.92 Å². The number of rotatable bonds is 5. The van der Waals surface area contributed by atoms with Gasteiger partial charge in [0.15, 0.2) is 0 Å². The van der Waals surface area contributed by atoms with Crippen LogP contribution in [0.4, 0.5) is 5.69 Å². The van der Waals surface area contributed by atoms with Crippen molar-refractivity contribution in [3.63, 3.8) is 0 Å². The Hall–Kier alpha value is -2.32. The Kier molecular flexibility index (Phi) is 5.10. The van der Waals surface area contributed by atoms with Gasteiger partial charge in [0.05, 0.1) is 6.54 Å². The topological polar surface area (TPSA) is 87.2 Å². The summed E-state index contributed by atoms with van der Waals surface area (Å²) in [6.07, 6.45) is 4.01. The van der Waals surface area contributed by atoms with Crippen molar-refractivity contribution in [2.75, 3.05) is 25.0 Å². The summed E-state index contributed by atoms with van der Waals surface area (Å²) in [6, 6.07) is 3.50.